The lowest BCUT2D eigenvalue weighted by atomic mass is 9.86. The van der Waals surface area contributed by atoms with E-state index < -0.39 is 0 Å². The summed E-state index contributed by atoms with van der Waals surface area (Å²) in [6, 6.07) is 0.249. The SMILES string of the molecule is CC1CCCCC1NC(=O)N[C@H](C)CCO. The molecule has 16 heavy (non-hydrogen) atoms. The van der Waals surface area contributed by atoms with Crippen LogP contribution in [0.1, 0.15) is 46.0 Å². The van der Waals surface area contributed by atoms with Crippen LogP contribution in [0.25, 0.3) is 0 Å². The maximum Gasteiger partial charge on any atom is 0.315 e. The standard InChI is InChI=1S/C12H24N2O2/c1-9-5-3-4-6-11(9)14-12(16)13-10(2)7-8-15/h9-11,15H,3-8H2,1-2H3,(H2,13,14,16)/t9?,10-,11?/m1/s1. The molecule has 0 aromatic carbocycles. The van der Waals surface area contributed by atoms with Crippen molar-refractivity contribution < 1.29 is 9.90 Å². The number of aliphatic hydroxyl groups is 1. The zero-order valence-electron chi connectivity index (χ0n) is 10.3. The van der Waals surface area contributed by atoms with E-state index in [0.717, 1.165) is 6.42 Å². The van der Waals surface area contributed by atoms with Crippen LogP contribution in [-0.2, 0) is 0 Å². The van der Waals surface area contributed by atoms with E-state index in [1.54, 1.807) is 0 Å². The Morgan fingerprint density at radius 1 is 1.44 bits per heavy atom. The number of aliphatic hydroxyl groups excluding tert-OH is 1. The monoisotopic (exact) mass is 228 g/mol. The van der Waals surface area contributed by atoms with Gasteiger partial charge in [0.15, 0.2) is 0 Å². The summed E-state index contributed by atoms with van der Waals surface area (Å²) in [7, 11) is 0. The molecule has 3 N–H and O–H groups in total. The molecule has 94 valence electrons. The van der Waals surface area contributed by atoms with E-state index in [2.05, 4.69) is 17.6 Å². The molecule has 0 heterocycles. The molecule has 0 aromatic heterocycles. The highest BCUT2D eigenvalue weighted by atomic mass is 16.3. The first-order valence-electron chi connectivity index (χ1n) is 6.31. The Hall–Kier alpha value is -0.770. The van der Waals surface area contributed by atoms with Gasteiger partial charge in [-0.15, -0.1) is 0 Å². The fourth-order valence-corrected chi connectivity index (χ4v) is 2.23. The van der Waals surface area contributed by atoms with Crippen LogP contribution in [0.4, 0.5) is 4.79 Å². The van der Waals surface area contributed by atoms with Gasteiger partial charge in [0.25, 0.3) is 0 Å². The predicted molar refractivity (Wildman–Crippen MR) is 64.3 cm³/mol. The summed E-state index contributed by atoms with van der Waals surface area (Å²) in [6.45, 7) is 4.21. The molecule has 0 aliphatic heterocycles. The van der Waals surface area contributed by atoms with Crippen molar-refractivity contribution in [3.8, 4) is 0 Å². The van der Waals surface area contributed by atoms with E-state index in [0.29, 0.717) is 18.4 Å². The Balaban J connectivity index is 2.27. The minimum absolute atomic E-state index is 0.0314. The molecule has 1 aliphatic carbocycles. The molecule has 3 atom stereocenters. The maximum atomic E-state index is 11.6. The Labute approximate surface area is 97.8 Å². The van der Waals surface area contributed by atoms with Gasteiger partial charge in [0, 0.05) is 18.7 Å². The third-order valence-corrected chi connectivity index (χ3v) is 3.37. The summed E-state index contributed by atoms with van der Waals surface area (Å²) in [4.78, 5) is 11.6. The number of carbonyl (C=O) groups is 1. The summed E-state index contributed by atoms with van der Waals surface area (Å²) in [5, 5.41) is 14.6. The van der Waals surface area contributed by atoms with Crippen LogP contribution >= 0.6 is 0 Å². The van der Waals surface area contributed by atoms with Crippen LogP contribution in [0.3, 0.4) is 0 Å². The molecule has 2 amide bonds. The normalized spacial score (nSPS) is 27.2. The van der Waals surface area contributed by atoms with Crippen molar-refractivity contribution in [2.24, 2.45) is 5.92 Å². The van der Waals surface area contributed by atoms with Gasteiger partial charge in [-0.2, -0.15) is 0 Å². The van der Waals surface area contributed by atoms with Crippen molar-refractivity contribution in [3.05, 3.63) is 0 Å². The number of nitrogens with one attached hydrogen (secondary N) is 2. The van der Waals surface area contributed by atoms with E-state index in [1.165, 1.54) is 19.3 Å². The average Bonchev–Trinajstić information content (AvgIpc) is 2.21. The van der Waals surface area contributed by atoms with Gasteiger partial charge in [-0.05, 0) is 32.1 Å². The number of carbonyl (C=O) groups excluding carboxylic acids is 1. The molecule has 4 nitrogen and oxygen atoms in total. The van der Waals surface area contributed by atoms with Crippen molar-refractivity contribution >= 4 is 6.03 Å². The van der Waals surface area contributed by atoms with Crippen LogP contribution in [0.2, 0.25) is 0 Å². The van der Waals surface area contributed by atoms with E-state index in [9.17, 15) is 4.79 Å². The summed E-state index contributed by atoms with van der Waals surface area (Å²) in [5.74, 6) is 0.577. The fourth-order valence-electron chi connectivity index (χ4n) is 2.23. The van der Waals surface area contributed by atoms with Crippen LogP contribution in [-0.4, -0.2) is 29.8 Å². The highest BCUT2D eigenvalue weighted by Gasteiger charge is 2.22. The zero-order chi connectivity index (χ0) is 12.0. The van der Waals surface area contributed by atoms with Crippen LogP contribution in [0.15, 0.2) is 0 Å². The van der Waals surface area contributed by atoms with Gasteiger partial charge >= 0.3 is 6.03 Å². The second kappa shape index (κ2) is 6.74. The lowest BCUT2D eigenvalue weighted by molar-refractivity contribution is 0.214. The van der Waals surface area contributed by atoms with E-state index >= 15 is 0 Å². The van der Waals surface area contributed by atoms with Gasteiger partial charge in [0.05, 0.1) is 0 Å². The fraction of sp³-hybridized carbons (Fsp3) is 0.917. The lowest BCUT2D eigenvalue weighted by Gasteiger charge is -2.30. The molecule has 0 bridgehead atoms. The molecular weight excluding hydrogens is 204 g/mol. The van der Waals surface area contributed by atoms with Crippen LogP contribution in [0, 0.1) is 5.92 Å². The number of rotatable bonds is 4. The first-order valence-corrected chi connectivity index (χ1v) is 6.31. The van der Waals surface area contributed by atoms with Crippen molar-refractivity contribution in [2.75, 3.05) is 6.61 Å². The van der Waals surface area contributed by atoms with E-state index in [1.807, 2.05) is 6.92 Å². The second-order valence-corrected chi connectivity index (χ2v) is 4.90. The van der Waals surface area contributed by atoms with Gasteiger partial charge in [-0.25, -0.2) is 4.79 Å². The second-order valence-electron chi connectivity index (χ2n) is 4.90. The predicted octanol–water partition coefficient (Wildman–Crippen LogP) is 1.64. The van der Waals surface area contributed by atoms with Crippen molar-refractivity contribution in [2.45, 2.75) is 58.0 Å². The first kappa shape index (κ1) is 13.3. The lowest BCUT2D eigenvalue weighted by Crippen LogP contribution is -2.48. The molecule has 2 unspecified atom stereocenters. The number of amides is 2. The minimum atomic E-state index is -0.0975. The van der Waals surface area contributed by atoms with Crippen molar-refractivity contribution in [1.29, 1.82) is 0 Å². The van der Waals surface area contributed by atoms with Crippen LogP contribution < -0.4 is 10.6 Å². The highest BCUT2D eigenvalue weighted by molar-refractivity contribution is 5.74. The molecule has 1 aliphatic rings. The molecular formula is C12H24N2O2. The summed E-state index contributed by atoms with van der Waals surface area (Å²) in [5.41, 5.74) is 0. The van der Waals surface area contributed by atoms with Gasteiger partial charge in [-0.1, -0.05) is 19.8 Å². The summed E-state index contributed by atoms with van der Waals surface area (Å²) < 4.78 is 0. The molecule has 0 spiro atoms. The molecule has 1 fully saturated rings. The maximum absolute atomic E-state index is 11.6. The number of hydrogen-bond acceptors (Lipinski definition) is 2. The number of urea groups is 1. The Morgan fingerprint density at radius 2 is 2.12 bits per heavy atom. The van der Waals surface area contributed by atoms with Gasteiger partial charge in [0.1, 0.15) is 0 Å². The first-order chi connectivity index (χ1) is 7.63. The third kappa shape index (κ3) is 4.39. The minimum Gasteiger partial charge on any atom is -0.396 e. The molecule has 1 saturated carbocycles. The quantitative estimate of drug-likeness (QED) is 0.685. The Bertz CT molecular complexity index is 221. The molecule has 0 aromatic rings. The van der Waals surface area contributed by atoms with E-state index in [-0.39, 0.29) is 18.7 Å². The largest absolute Gasteiger partial charge is 0.396 e. The molecule has 0 saturated heterocycles. The zero-order valence-corrected chi connectivity index (χ0v) is 10.3. The van der Waals surface area contributed by atoms with Gasteiger partial charge in [-0.3, -0.25) is 0 Å². The van der Waals surface area contributed by atoms with Gasteiger partial charge in [0.2, 0.25) is 0 Å². The summed E-state index contributed by atoms with van der Waals surface area (Å²) >= 11 is 0. The van der Waals surface area contributed by atoms with Crippen molar-refractivity contribution in [3.63, 3.8) is 0 Å². The summed E-state index contributed by atoms with van der Waals surface area (Å²) in [6.07, 6.45) is 5.39. The highest BCUT2D eigenvalue weighted by Crippen LogP contribution is 2.23. The third-order valence-electron chi connectivity index (χ3n) is 3.37. The van der Waals surface area contributed by atoms with E-state index in [4.69, 9.17) is 5.11 Å². The molecule has 4 heteroatoms. The topological polar surface area (TPSA) is 61.4 Å². The smallest absolute Gasteiger partial charge is 0.315 e. The number of hydrogen-bond donors (Lipinski definition) is 3. The van der Waals surface area contributed by atoms with Crippen LogP contribution in [0.5, 0.6) is 0 Å². The van der Waals surface area contributed by atoms with Gasteiger partial charge < -0.3 is 15.7 Å². The molecule has 1 rings (SSSR count). The van der Waals surface area contributed by atoms with Crippen molar-refractivity contribution in [1.82, 2.24) is 10.6 Å². The Kier molecular flexibility index (Phi) is 5.60. The molecule has 0 radical (unpaired) electrons. The Morgan fingerprint density at radius 3 is 2.75 bits per heavy atom. The average molecular weight is 228 g/mol.